The highest BCUT2D eigenvalue weighted by Gasteiger charge is 2.20. The Morgan fingerprint density at radius 1 is 0.878 bits per heavy atom. The summed E-state index contributed by atoms with van der Waals surface area (Å²) in [5.74, 6) is 2.77. The van der Waals surface area contributed by atoms with Crippen molar-refractivity contribution < 1.29 is 9.47 Å². The van der Waals surface area contributed by atoms with E-state index in [1.165, 1.54) is 18.2 Å². The molecule has 13 heteroatoms. The van der Waals surface area contributed by atoms with Crippen LogP contribution in [0.3, 0.4) is 0 Å². The molecule has 1 saturated heterocycles. The Balaban J connectivity index is 1.32. The van der Waals surface area contributed by atoms with Crippen LogP contribution in [0, 0.1) is 0 Å². The van der Waals surface area contributed by atoms with Crippen molar-refractivity contribution in [2.45, 2.75) is 13.5 Å². The van der Waals surface area contributed by atoms with Crippen molar-refractivity contribution in [3.63, 3.8) is 0 Å². The first-order valence-electron chi connectivity index (χ1n) is 13.1. The number of anilines is 4. The Labute approximate surface area is 252 Å². The van der Waals surface area contributed by atoms with E-state index in [0.29, 0.717) is 55.4 Å². The molecule has 0 saturated carbocycles. The first kappa shape index (κ1) is 28.9. The topological polar surface area (TPSA) is 113 Å². The van der Waals surface area contributed by atoms with Crippen LogP contribution in [0.1, 0.15) is 12.5 Å². The molecule has 0 spiro atoms. The van der Waals surface area contributed by atoms with E-state index >= 15 is 0 Å². The molecule has 214 valence electrons. The van der Waals surface area contributed by atoms with Gasteiger partial charge in [-0.15, -0.1) is 0 Å². The Kier molecular flexibility index (Phi) is 9.45. The maximum atomic E-state index is 6.62. The van der Waals surface area contributed by atoms with Gasteiger partial charge in [0.25, 0.3) is 0 Å². The molecule has 1 aromatic carbocycles. The second-order valence-corrected chi connectivity index (χ2v) is 10.5. The molecular formula is C28H31BrClN9O2. The van der Waals surface area contributed by atoms with Crippen LogP contribution in [0.5, 0.6) is 11.5 Å². The number of piperazine rings is 1. The van der Waals surface area contributed by atoms with Crippen molar-refractivity contribution >= 4 is 50.7 Å². The Morgan fingerprint density at radius 2 is 1.66 bits per heavy atom. The third-order valence-corrected chi connectivity index (χ3v) is 8.03. The maximum Gasteiger partial charge on any atom is 0.143 e. The van der Waals surface area contributed by atoms with Crippen molar-refractivity contribution in [2.24, 2.45) is 0 Å². The molecule has 0 unspecified atom stereocenters. The van der Waals surface area contributed by atoms with Crippen LogP contribution in [0.2, 0.25) is 5.02 Å². The number of hydrogen-bond acceptors (Lipinski definition) is 11. The molecule has 5 rings (SSSR count). The summed E-state index contributed by atoms with van der Waals surface area (Å²) in [6, 6.07) is 7.58. The largest absolute Gasteiger partial charge is 0.495 e. The quantitative estimate of drug-likeness (QED) is 0.233. The number of halogens is 2. The van der Waals surface area contributed by atoms with E-state index in [2.05, 4.69) is 74.3 Å². The number of hydrogen-bond donors (Lipinski definition) is 2. The van der Waals surface area contributed by atoms with Crippen LogP contribution in [-0.4, -0.2) is 81.7 Å². The minimum Gasteiger partial charge on any atom is -0.495 e. The molecule has 0 amide bonds. The lowest BCUT2D eigenvalue weighted by atomic mass is 10.2. The Bertz CT molecular complexity index is 1460. The van der Waals surface area contributed by atoms with Gasteiger partial charge in [-0.2, -0.15) is 0 Å². The zero-order valence-corrected chi connectivity index (χ0v) is 25.4. The van der Waals surface area contributed by atoms with Crippen molar-refractivity contribution in [2.75, 3.05) is 57.6 Å². The third kappa shape index (κ3) is 6.84. The summed E-state index contributed by atoms with van der Waals surface area (Å²) in [7, 11) is 3.11. The van der Waals surface area contributed by atoms with Crippen LogP contribution >= 0.6 is 27.5 Å². The lowest BCUT2D eigenvalue weighted by Gasteiger charge is -2.33. The molecule has 1 aliphatic rings. The standard InChI is InChI=1S/C28H31BrClN9O2/c1-4-38-7-9-39(10-8-38)15-18-5-6-23(32-13-18)36-24-11-20(33-17-34-24)19-14-31-16-35-28(19)37-27-25(29)21(40-2)12-22(41-3)26(27)30/h5-6,11-14,16-17H,4,7-10,15H2,1-3H3,(H,31,35,37)(H,32,33,34,36). The smallest absolute Gasteiger partial charge is 0.143 e. The number of likely N-dealkylation sites (N-methyl/N-ethyl adjacent to an activating group) is 1. The molecule has 2 N–H and O–H groups in total. The fourth-order valence-corrected chi connectivity index (χ4v) is 5.51. The number of benzene rings is 1. The van der Waals surface area contributed by atoms with Gasteiger partial charge in [-0.25, -0.2) is 24.9 Å². The predicted octanol–water partition coefficient (Wildman–Crippen LogP) is 5.39. The lowest BCUT2D eigenvalue weighted by Crippen LogP contribution is -2.45. The Morgan fingerprint density at radius 3 is 2.37 bits per heavy atom. The van der Waals surface area contributed by atoms with E-state index in [9.17, 15) is 0 Å². The number of nitrogens with one attached hydrogen (secondary N) is 2. The van der Waals surface area contributed by atoms with Gasteiger partial charge in [0.1, 0.15) is 46.6 Å². The monoisotopic (exact) mass is 639 g/mol. The van der Waals surface area contributed by atoms with Crippen molar-refractivity contribution in [1.29, 1.82) is 0 Å². The normalized spacial score (nSPS) is 14.1. The summed E-state index contributed by atoms with van der Waals surface area (Å²) in [6.45, 7) is 8.59. The average Bonchev–Trinajstić information content (AvgIpc) is 3.01. The average molecular weight is 641 g/mol. The zero-order chi connectivity index (χ0) is 28.8. The molecule has 1 aliphatic heterocycles. The van der Waals surface area contributed by atoms with Crippen LogP contribution in [-0.2, 0) is 6.54 Å². The van der Waals surface area contributed by atoms with Crippen molar-refractivity contribution in [1.82, 2.24) is 34.7 Å². The van der Waals surface area contributed by atoms with Gasteiger partial charge in [0.2, 0.25) is 0 Å². The number of aromatic nitrogens is 5. The molecule has 3 aromatic heterocycles. The van der Waals surface area contributed by atoms with E-state index in [1.807, 2.05) is 18.3 Å². The molecule has 0 atom stereocenters. The van der Waals surface area contributed by atoms with Crippen molar-refractivity contribution in [3.05, 3.63) is 64.4 Å². The molecular weight excluding hydrogens is 610 g/mol. The van der Waals surface area contributed by atoms with Gasteiger partial charge < -0.3 is 25.0 Å². The van der Waals surface area contributed by atoms with Gasteiger partial charge in [0.05, 0.1) is 35.6 Å². The summed E-state index contributed by atoms with van der Waals surface area (Å²) >= 11 is 10.2. The highest BCUT2D eigenvalue weighted by molar-refractivity contribution is 9.10. The van der Waals surface area contributed by atoms with E-state index in [1.54, 1.807) is 26.5 Å². The minimum atomic E-state index is 0.368. The van der Waals surface area contributed by atoms with Gasteiger partial charge in [-0.3, -0.25) is 4.90 Å². The molecule has 0 aliphatic carbocycles. The summed E-state index contributed by atoms with van der Waals surface area (Å²) in [5, 5.41) is 6.92. The van der Waals surface area contributed by atoms with Crippen LogP contribution in [0.4, 0.5) is 23.1 Å². The summed E-state index contributed by atoms with van der Waals surface area (Å²) in [6.07, 6.45) is 6.51. The highest BCUT2D eigenvalue weighted by Crippen LogP contribution is 2.45. The van der Waals surface area contributed by atoms with Gasteiger partial charge in [-0.05, 0) is 34.1 Å². The van der Waals surface area contributed by atoms with Crippen LogP contribution in [0.15, 0.2) is 53.8 Å². The van der Waals surface area contributed by atoms with Gasteiger partial charge in [0, 0.05) is 57.3 Å². The molecule has 41 heavy (non-hydrogen) atoms. The first-order valence-corrected chi connectivity index (χ1v) is 14.3. The summed E-state index contributed by atoms with van der Waals surface area (Å²) in [4.78, 5) is 27.0. The predicted molar refractivity (Wildman–Crippen MR) is 164 cm³/mol. The fourth-order valence-electron chi connectivity index (χ4n) is 4.55. The lowest BCUT2D eigenvalue weighted by molar-refractivity contribution is 0.132. The molecule has 1 fully saturated rings. The summed E-state index contributed by atoms with van der Waals surface area (Å²) in [5.41, 5.74) is 2.97. The number of ether oxygens (including phenoxy) is 2. The van der Waals surface area contributed by atoms with E-state index in [0.717, 1.165) is 39.3 Å². The second kappa shape index (κ2) is 13.4. The summed E-state index contributed by atoms with van der Waals surface area (Å²) < 4.78 is 11.5. The van der Waals surface area contributed by atoms with Gasteiger partial charge >= 0.3 is 0 Å². The van der Waals surface area contributed by atoms with E-state index in [4.69, 9.17) is 21.1 Å². The number of rotatable bonds is 10. The van der Waals surface area contributed by atoms with Crippen LogP contribution < -0.4 is 20.1 Å². The fraction of sp³-hybridized carbons (Fsp3) is 0.321. The van der Waals surface area contributed by atoms with Gasteiger partial charge in [0.15, 0.2) is 0 Å². The Hall–Kier alpha value is -3.58. The first-order chi connectivity index (χ1) is 20.0. The molecule has 4 aromatic rings. The minimum absolute atomic E-state index is 0.368. The van der Waals surface area contributed by atoms with Crippen LogP contribution in [0.25, 0.3) is 11.3 Å². The SMILES string of the molecule is CCN1CCN(Cc2ccc(Nc3cc(-c4cncnc4Nc4c(Cl)c(OC)cc(OC)c4Br)ncn3)nc2)CC1. The maximum absolute atomic E-state index is 6.62. The third-order valence-electron chi connectivity index (χ3n) is 6.87. The second-order valence-electron chi connectivity index (χ2n) is 9.37. The molecule has 0 bridgehead atoms. The van der Waals surface area contributed by atoms with E-state index in [-0.39, 0.29) is 0 Å². The highest BCUT2D eigenvalue weighted by atomic mass is 79.9. The molecule has 4 heterocycles. The molecule has 0 radical (unpaired) electrons. The van der Waals surface area contributed by atoms with Crippen molar-refractivity contribution in [3.8, 4) is 22.8 Å². The van der Waals surface area contributed by atoms with E-state index < -0.39 is 0 Å². The molecule has 11 nitrogen and oxygen atoms in total. The van der Waals surface area contributed by atoms with Gasteiger partial charge in [-0.1, -0.05) is 24.6 Å². The number of nitrogens with zero attached hydrogens (tertiary/aromatic N) is 7. The number of methoxy groups -OCH3 is 2. The number of pyridine rings is 1. The zero-order valence-electron chi connectivity index (χ0n) is 23.1.